The average Bonchev–Trinajstić information content (AvgIpc) is 2.46. The van der Waals surface area contributed by atoms with Crippen molar-refractivity contribution < 1.29 is 17.9 Å². The maximum atomic E-state index is 12.5. The number of nitrogens with zero attached hydrogens (tertiary/aromatic N) is 2. The van der Waals surface area contributed by atoms with Crippen molar-refractivity contribution in [3.8, 4) is 0 Å². The number of amides is 1. The Hall–Kier alpha value is -1.12. The number of sulfonamides is 1. The first-order chi connectivity index (χ1) is 9.45. The van der Waals surface area contributed by atoms with Gasteiger partial charge in [0.2, 0.25) is 10.0 Å². The van der Waals surface area contributed by atoms with E-state index in [1.807, 2.05) is 0 Å². The number of piperazine rings is 1. The minimum atomic E-state index is -3.52. The third kappa shape index (κ3) is 3.13. The molecule has 1 aromatic rings. The molecule has 0 atom stereocenters. The minimum Gasteiger partial charge on any atom is -0.453 e. The van der Waals surface area contributed by atoms with Gasteiger partial charge in [-0.15, -0.1) is 0 Å². The van der Waals surface area contributed by atoms with Crippen LogP contribution in [0.2, 0.25) is 0 Å². The van der Waals surface area contributed by atoms with Crippen LogP contribution in [0.3, 0.4) is 0 Å². The first-order valence-electron chi connectivity index (χ1n) is 6.04. The van der Waals surface area contributed by atoms with Crippen LogP contribution in [-0.4, -0.2) is 57.0 Å². The van der Waals surface area contributed by atoms with E-state index in [9.17, 15) is 13.2 Å². The maximum Gasteiger partial charge on any atom is 0.409 e. The Morgan fingerprint density at radius 1 is 1.25 bits per heavy atom. The molecule has 0 bridgehead atoms. The molecule has 6 nitrogen and oxygen atoms in total. The summed E-state index contributed by atoms with van der Waals surface area (Å²) in [5.74, 6) is 0. The number of halogens is 1. The van der Waals surface area contributed by atoms with E-state index < -0.39 is 16.1 Å². The van der Waals surface area contributed by atoms with Crippen molar-refractivity contribution in [1.82, 2.24) is 9.21 Å². The number of hydrogen-bond acceptors (Lipinski definition) is 4. The minimum absolute atomic E-state index is 0.249. The second-order valence-electron chi connectivity index (χ2n) is 4.32. The van der Waals surface area contributed by atoms with Crippen molar-refractivity contribution in [3.63, 3.8) is 0 Å². The monoisotopic (exact) mass is 362 g/mol. The molecule has 1 aliphatic heterocycles. The van der Waals surface area contributed by atoms with Gasteiger partial charge in [0.05, 0.1) is 12.0 Å². The van der Waals surface area contributed by atoms with Gasteiger partial charge >= 0.3 is 6.09 Å². The van der Waals surface area contributed by atoms with Crippen LogP contribution in [0.4, 0.5) is 4.79 Å². The van der Waals surface area contributed by atoms with Crippen LogP contribution in [0, 0.1) is 0 Å². The lowest BCUT2D eigenvalue weighted by molar-refractivity contribution is 0.108. The normalized spacial score (nSPS) is 17.0. The number of methoxy groups -OCH3 is 1. The van der Waals surface area contributed by atoms with Crippen LogP contribution in [0.15, 0.2) is 33.6 Å². The maximum absolute atomic E-state index is 12.5. The fourth-order valence-electron chi connectivity index (χ4n) is 2.02. The van der Waals surface area contributed by atoms with Gasteiger partial charge in [-0.3, -0.25) is 0 Å². The number of carbonyl (C=O) groups is 1. The summed E-state index contributed by atoms with van der Waals surface area (Å²) in [7, 11) is -2.20. The highest BCUT2D eigenvalue weighted by Crippen LogP contribution is 2.21. The number of carbonyl (C=O) groups excluding carboxylic acids is 1. The fraction of sp³-hybridized carbons (Fsp3) is 0.417. The van der Waals surface area contributed by atoms with Gasteiger partial charge in [0.25, 0.3) is 0 Å². The quantitative estimate of drug-likeness (QED) is 0.799. The van der Waals surface area contributed by atoms with Crippen molar-refractivity contribution >= 4 is 32.0 Å². The van der Waals surface area contributed by atoms with E-state index in [0.717, 1.165) is 0 Å². The smallest absolute Gasteiger partial charge is 0.409 e. The van der Waals surface area contributed by atoms with Gasteiger partial charge < -0.3 is 9.64 Å². The van der Waals surface area contributed by atoms with Crippen molar-refractivity contribution in [2.24, 2.45) is 0 Å². The van der Waals surface area contributed by atoms with Gasteiger partial charge in [-0.2, -0.15) is 4.31 Å². The molecule has 0 saturated carbocycles. The zero-order chi connectivity index (χ0) is 14.8. The highest BCUT2D eigenvalue weighted by Gasteiger charge is 2.30. The van der Waals surface area contributed by atoms with Crippen molar-refractivity contribution in [1.29, 1.82) is 0 Å². The van der Waals surface area contributed by atoms with Crippen molar-refractivity contribution in [3.05, 3.63) is 28.7 Å². The Morgan fingerprint density at radius 2 is 1.90 bits per heavy atom. The summed E-state index contributed by atoms with van der Waals surface area (Å²) in [4.78, 5) is 13.1. The van der Waals surface area contributed by atoms with E-state index in [0.29, 0.717) is 17.6 Å². The van der Waals surface area contributed by atoms with Gasteiger partial charge in [0, 0.05) is 30.7 Å². The van der Waals surface area contributed by atoms with Crippen LogP contribution in [0.1, 0.15) is 0 Å². The molecular formula is C12H15BrN2O4S. The second-order valence-corrected chi connectivity index (χ2v) is 7.17. The van der Waals surface area contributed by atoms with Crippen LogP contribution >= 0.6 is 15.9 Å². The summed E-state index contributed by atoms with van der Waals surface area (Å²) in [6, 6.07) is 6.59. The molecule has 20 heavy (non-hydrogen) atoms. The molecule has 8 heteroatoms. The lowest BCUT2D eigenvalue weighted by Gasteiger charge is -2.33. The molecule has 1 aliphatic rings. The SMILES string of the molecule is COC(=O)N1CCN(S(=O)(=O)c2cccc(Br)c2)CC1. The van der Waals surface area contributed by atoms with Crippen molar-refractivity contribution in [2.45, 2.75) is 4.90 Å². The number of hydrogen-bond donors (Lipinski definition) is 0. The molecule has 1 fully saturated rings. The first-order valence-corrected chi connectivity index (χ1v) is 8.27. The molecule has 1 saturated heterocycles. The highest BCUT2D eigenvalue weighted by molar-refractivity contribution is 9.10. The van der Waals surface area contributed by atoms with E-state index in [2.05, 4.69) is 20.7 Å². The zero-order valence-electron chi connectivity index (χ0n) is 11.0. The van der Waals surface area contributed by atoms with Crippen LogP contribution in [0.5, 0.6) is 0 Å². The van der Waals surface area contributed by atoms with E-state index in [4.69, 9.17) is 0 Å². The van der Waals surface area contributed by atoms with Gasteiger partial charge in [-0.25, -0.2) is 13.2 Å². The molecular weight excluding hydrogens is 348 g/mol. The average molecular weight is 363 g/mol. The summed E-state index contributed by atoms with van der Waals surface area (Å²) in [5.41, 5.74) is 0. The lowest BCUT2D eigenvalue weighted by Crippen LogP contribution is -2.50. The third-order valence-electron chi connectivity index (χ3n) is 3.11. The van der Waals surface area contributed by atoms with Crippen LogP contribution in [-0.2, 0) is 14.8 Å². The molecule has 1 heterocycles. The van der Waals surface area contributed by atoms with Gasteiger partial charge in [0.15, 0.2) is 0 Å². The van der Waals surface area contributed by atoms with E-state index in [1.54, 1.807) is 24.3 Å². The van der Waals surface area contributed by atoms with Gasteiger partial charge in [0.1, 0.15) is 0 Å². The highest BCUT2D eigenvalue weighted by atomic mass is 79.9. The summed E-state index contributed by atoms with van der Waals surface area (Å²) in [6.07, 6.45) is -0.426. The van der Waals surface area contributed by atoms with Crippen LogP contribution < -0.4 is 0 Å². The molecule has 2 rings (SSSR count). The summed E-state index contributed by atoms with van der Waals surface area (Å²) in [5, 5.41) is 0. The molecule has 0 aromatic heterocycles. The second kappa shape index (κ2) is 6.11. The Bertz CT molecular complexity index is 597. The number of benzene rings is 1. The first kappa shape index (κ1) is 15.3. The number of ether oxygens (including phenoxy) is 1. The summed E-state index contributed by atoms with van der Waals surface area (Å²) in [6.45, 7) is 1.20. The van der Waals surface area contributed by atoms with Crippen molar-refractivity contribution in [2.75, 3.05) is 33.3 Å². The molecule has 0 N–H and O–H groups in total. The molecule has 0 radical (unpaired) electrons. The standard InChI is InChI=1S/C12H15BrN2O4S/c1-19-12(16)14-5-7-15(8-6-14)20(17,18)11-4-2-3-10(13)9-11/h2-4,9H,5-8H2,1H3. The largest absolute Gasteiger partial charge is 0.453 e. The molecule has 110 valence electrons. The van der Waals surface area contributed by atoms with E-state index in [1.165, 1.54) is 16.3 Å². The molecule has 0 spiro atoms. The van der Waals surface area contributed by atoms with Gasteiger partial charge in [-0.05, 0) is 18.2 Å². The summed E-state index contributed by atoms with van der Waals surface area (Å²) < 4.78 is 31.6. The van der Waals surface area contributed by atoms with Crippen LogP contribution in [0.25, 0.3) is 0 Å². The van der Waals surface area contributed by atoms with Gasteiger partial charge in [-0.1, -0.05) is 22.0 Å². The topological polar surface area (TPSA) is 66.9 Å². The molecule has 1 amide bonds. The molecule has 0 unspecified atom stereocenters. The molecule has 1 aromatic carbocycles. The zero-order valence-corrected chi connectivity index (χ0v) is 13.4. The number of rotatable bonds is 2. The fourth-order valence-corrected chi connectivity index (χ4v) is 4.04. The Balaban J connectivity index is 2.11. The predicted molar refractivity (Wildman–Crippen MR) is 76.9 cm³/mol. The Kier molecular flexibility index (Phi) is 4.66. The molecule has 0 aliphatic carbocycles. The predicted octanol–water partition coefficient (Wildman–Crippen LogP) is 1.52. The summed E-state index contributed by atoms with van der Waals surface area (Å²) >= 11 is 3.26. The lowest BCUT2D eigenvalue weighted by atomic mass is 10.4. The van der Waals surface area contributed by atoms with E-state index in [-0.39, 0.29) is 18.0 Å². The Labute approximate surface area is 126 Å². The van der Waals surface area contributed by atoms with E-state index >= 15 is 0 Å². The third-order valence-corrected chi connectivity index (χ3v) is 5.49. The Morgan fingerprint density at radius 3 is 2.45 bits per heavy atom.